The van der Waals surface area contributed by atoms with Gasteiger partial charge in [-0.15, -0.1) is 0 Å². The van der Waals surface area contributed by atoms with Crippen LogP contribution in [0.5, 0.6) is 0 Å². The van der Waals surface area contributed by atoms with E-state index in [2.05, 4.69) is 0 Å². The molecule has 0 bridgehead atoms. The number of rotatable bonds is 5. The number of esters is 1. The quantitative estimate of drug-likeness (QED) is 0.862. The molecule has 0 aromatic heterocycles. The number of benzene rings is 2. The lowest BCUT2D eigenvalue weighted by Crippen LogP contribution is -2.48. The van der Waals surface area contributed by atoms with E-state index in [1.165, 1.54) is 14.2 Å². The summed E-state index contributed by atoms with van der Waals surface area (Å²) in [5.74, 6) is -0.742. The van der Waals surface area contributed by atoms with Gasteiger partial charge in [-0.05, 0) is 23.6 Å². The zero-order valence-corrected chi connectivity index (χ0v) is 12.9. The molecule has 2 rings (SSSR count). The van der Waals surface area contributed by atoms with Crippen LogP contribution in [0.1, 0.15) is 16.7 Å². The summed E-state index contributed by atoms with van der Waals surface area (Å²) in [4.78, 5) is 12.0. The summed E-state index contributed by atoms with van der Waals surface area (Å²) in [6, 6.07) is 16.7. The van der Waals surface area contributed by atoms with E-state index in [0.29, 0.717) is 5.56 Å². The molecule has 1 N–H and O–H groups in total. The van der Waals surface area contributed by atoms with Gasteiger partial charge in [-0.25, -0.2) is 4.79 Å². The highest BCUT2D eigenvalue weighted by Gasteiger charge is 2.47. The van der Waals surface area contributed by atoms with Gasteiger partial charge in [0.1, 0.15) is 0 Å². The second-order valence-electron chi connectivity index (χ2n) is 5.05. The Kier molecular flexibility index (Phi) is 4.96. The van der Waals surface area contributed by atoms with Gasteiger partial charge >= 0.3 is 5.97 Å². The SMILES string of the molecule is COC(=O)C(O)C(OC)(c1ccccc1)c1ccccc1C. The van der Waals surface area contributed by atoms with Crippen molar-refractivity contribution >= 4 is 5.97 Å². The number of ether oxygens (including phenoxy) is 2. The van der Waals surface area contributed by atoms with E-state index in [9.17, 15) is 9.90 Å². The van der Waals surface area contributed by atoms with Crippen molar-refractivity contribution in [1.29, 1.82) is 0 Å². The molecular weight excluding hydrogens is 280 g/mol. The van der Waals surface area contributed by atoms with Crippen molar-refractivity contribution in [3.63, 3.8) is 0 Å². The molecule has 0 fully saturated rings. The highest BCUT2D eigenvalue weighted by atomic mass is 16.6. The highest BCUT2D eigenvalue weighted by Crippen LogP contribution is 2.38. The van der Waals surface area contributed by atoms with E-state index >= 15 is 0 Å². The monoisotopic (exact) mass is 300 g/mol. The number of aryl methyl sites for hydroxylation is 1. The van der Waals surface area contributed by atoms with Crippen LogP contribution < -0.4 is 0 Å². The van der Waals surface area contributed by atoms with E-state index in [1.54, 1.807) is 0 Å². The van der Waals surface area contributed by atoms with Gasteiger partial charge in [-0.2, -0.15) is 0 Å². The molecule has 4 nitrogen and oxygen atoms in total. The fraction of sp³-hybridized carbons (Fsp3) is 0.278. The largest absolute Gasteiger partial charge is 0.467 e. The van der Waals surface area contributed by atoms with Crippen molar-refractivity contribution in [3.8, 4) is 0 Å². The van der Waals surface area contributed by atoms with Crippen molar-refractivity contribution in [2.45, 2.75) is 18.6 Å². The Morgan fingerprint density at radius 3 is 2.18 bits per heavy atom. The normalized spacial score (nSPS) is 14.9. The van der Waals surface area contributed by atoms with Gasteiger partial charge in [-0.1, -0.05) is 54.6 Å². The predicted octanol–water partition coefficient (Wildman–Crippen LogP) is 2.42. The van der Waals surface area contributed by atoms with Gasteiger partial charge in [0.2, 0.25) is 0 Å². The van der Waals surface area contributed by atoms with Crippen molar-refractivity contribution in [3.05, 3.63) is 71.3 Å². The molecule has 0 aliphatic rings. The van der Waals surface area contributed by atoms with E-state index in [-0.39, 0.29) is 0 Å². The van der Waals surface area contributed by atoms with Crippen LogP contribution in [0, 0.1) is 6.92 Å². The molecule has 2 unspecified atom stereocenters. The minimum atomic E-state index is -1.48. The number of aliphatic hydroxyl groups excluding tert-OH is 1. The van der Waals surface area contributed by atoms with Crippen LogP contribution in [-0.4, -0.2) is 31.4 Å². The molecule has 0 amide bonds. The van der Waals surface area contributed by atoms with Crippen molar-refractivity contribution in [1.82, 2.24) is 0 Å². The summed E-state index contributed by atoms with van der Waals surface area (Å²) in [7, 11) is 2.72. The van der Waals surface area contributed by atoms with Crippen LogP contribution in [0.4, 0.5) is 0 Å². The minimum absolute atomic E-state index is 0.685. The van der Waals surface area contributed by atoms with Crippen LogP contribution in [0.15, 0.2) is 54.6 Å². The van der Waals surface area contributed by atoms with E-state index in [4.69, 9.17) is 9.47 Å². The van der Waals surface area contributed by atoms with E-state index in [1.807, 2.05) is 61.5 Å². The number of methoxy groups -OCH3 is 2. The second-order valence-corrected chi connectivity index (χ2v) is 5.05. The van der Waals surface area contributed by atoms with Gasteiger partial charge in [0, 0.05) is 7.11 Å². The maximum atomic E-state index is 12.0. The maximum Gasteiger partial charge on any atom is 0.338 e. The Bertz CT molecular complexity index is 639. The molecule has 0 aliphatic carbocycles. The first kappa shape index (κ1) is 16.2. The van der Waals surface area contributed by atoms with Crippen molar-refractivity contribution in [2.24, 2.45) is 0 Å². The highest BCUT2D eigenvalue weighted by molar-refractivity contribution is 5.77. The molecule has 0 saturated heterocycles. The minimum Gasteiger partial charge on any atom is -0.467 e. The summed E-state index contributed by atoms with van der Waals surface area (Å²) >= 11 is 0. The Hall–Kier alpha value is -2.17. The van der Waals surface area contributed by atoms with Crippen LogP contribution in [0.25, 0.3) is 0 Å². The van der Waals surface area contributed by atoms with Crippen LogP contribution in [0.2, 0.25) is 0 Å². The van der Waals surface area contributed by atoms with Crippen LogP contribution in [0.3, 0.4) is 0 Å². The topological polar surface area (TPSA) is 55.8 Å². The average Bonchev–Trinajstić information content (AvgIpc) is 2.57. The van der Waals surface area contributed by atoms with Crippen LogP contribution >= 0.6 is 0 Å². The van der Waals surface area contributed by atoms with Gasteiger partial charge in [0.05, 0.1) is 7.11 Å². The summed E-state index contributed by atoms with van der Waals surface area (Å²) in [5, 5.41) is 10.7. The molecular formula is C18H20O4. The molecule has 2 atom stereocenters. The third kappa shape index (κ3) is 2.63. The summed E-state index contributed by atoms with van der Waals surface area (Å²) in [5.41, 5.74) is 1.00. The lowest BCUT2D eigenvalue weighted by molar-refractivity contribution is -0.167. The Morgan fingerprint density at radius 2 is 1.64 bits per heavy atom. The van der Waals surface area contributed by atoms with Gasteiger partial charge in [0.15, 0.2) is 11.7 Å². The summed E-state index contributed by atoms with van der Waals surface area (Å²) in [6.07, 6.45) is -1.48. The van der Waals surface area contributed by atoms with Gasteiger partial charge in [-0.3, -0.25) is 0 Å². The van der Waals surface area contributed by atoms with Gasteiger partial charge in [0.25, 0.3) is 0 Å². The Balaban J connectivity index is 2.73. The van der Waals surface area contributed by atoms with E-state index in [0.717, 1.165) is 11.1 Å². The van der Waals surface area contributed by atoms with Crippen molar-refractivity contribution in [2.75, 3.05) is 14.2 Å². The summed E-state index contributed by atoms with van der Waals surface area (Å²) < 4.78 is 10.5. The number of carbonyl (C=O) groups is 1. The third-order valence-electron chi connectivity index (χ3n) is 3.88. The fourth-order valence-corrected chi connectivity index (χ4v) is 2.75. The molecule has 4 heteroatoms. The first-order valence-corrected chi connectivity index (χ1v) is 7.00. The van der Waals surface area contributed by atoms with E-state index < -0.39 is 17.7 Å². The third-order valence-corrected chi connectivity index (χ3v) is 3.88. The molecule has 0 radical (unpaired) electrons. The number of aliphatic hydroxyl groups is 1. The standard InChI is InChI=1S/C18H20O4/c1-13-9-7-8-12-15(13)18(22-3,16(19)17(20)21-2)14-10-5-4-6-11-14/h4-12,16,19H,1-3H3. The lowest BCUT2D eigenvalue weighted by atomic mass is 9.79. The molecule has 2 aromatic carbocycles. The molecule has 0 heterocycles. The first-order chi connectivity index (χ1) is 10.6. The number of hydrogen-bond acceptors (Lipinski definition) is 4. The van der Waals surface area contributed by atoms with Crippen LogP contribution in [-0.2, 0) is 19.9 Å². The Morgan fingerprint density at radius 1 is 1.05 bits per heavy atom. The molecule has 116 valence electrons. The predicted molar refractivity (Wildman–Crippen MR) is 83.4 cm³/mol. The second kappa shape index (κ2) is 6.73. The molecule has 0 saturated carbocycles. The molecule has 22 heavy (non-hydrogen) atoms. The molecule has 0 aliphatic heterocycles. The lowest BCUT2D eigenvalue weighted by Gasteiger charge is -2.37. The zero-order valence-electron chi connectivity index (χ0n) is 12.9. The average molecular weight is 300 g/mol. The first-order valence-electron chi connectivity index (χ1n) is 7.00. The molecule has 2 aromatic rings. The maximum absolute atomic E-state index is 12.0. The van der Waals surface area contributed by atoms with Gasteiger partial charge < -0.3 is 14.6 Å². The molecule has 0 spiro atoms. The number of hydrogen-bond donors (Lipinski definition) is 1. The smallest absolute Gasteiger partial charge is 0.338 e. The summed E-state index contributed by atoms with van der Waals surface area (Å²) in [6.45, 7) is 1.91. The number of carbonyl (C=O) groups excluding carboxylic acids is 1. The zero-order chi connectivity index (χ0) is 16.2. The Labute approximate surface area is 130 Å². The fourth-order valence-electron chi connectivity index (χ4n) is 2.75. The van der Waals surface area contributed by atoms with Crippen molar-refractivity contribution < 1.29 is 19.4 Å².